The van der Waals surface area contributed by atoms with Crippen molar-refractivity contribution in [2.75, 3.05) is 12.5 Å². The number of nitrogens with zero attached hydrogens (tertiary/aromatic N) is 1. The molecule has 0 radical (unpaired) electrons. The van der Waals surface area contributed by atoms with E-state index < -0.39 is 4.92 Å². The second-order valence-corrected chi connectivity index (χ2v) is 4.47. The molecule has 0 bridgehead atoms. The Kier molecular flexibility index (Phi) is 2.94. The predicted molar refractivity (Wildman–Crippen MR) is 76.0 cm³/mol. The lowest BCUT2D eigenvalue weighted by Gasteiger charge is -2.08. The molecule has 0 aromatic heterocycles. The molecule has 0 aliphatic carbocycles. The Bertz CT molecular complexity index is 758. The van der Waals surface area contributed by atoms with Crippen molar-refractivity contribution in [1.82, 2.24) is 0 Å². The lowest BCUT2D eigenvalue weighted by atomic mass is 10.00. The number of rotatable bonds is 3. The van der Waals surface area contributed by atoms with Crippen LogP contribution in [0.25, 0.3) is 0 Å². The first kappa shape index (κ1) is 12.9. The fourth-order valence-electron chi connectivity index (χ4n) is 2.08. The number of nitrogen functional groups attached to an aromatic ring is 1. The molecule has 7 heteroatoms. The third-order valence-electron chi connectivity index (χ3n) is 3.18. The van der Waals surface area contributed by atoms with Crippen LogP contribution in [0, 0.1) is 15.5 Å². The lowest BCUT2D eigenvalue weighted by molar-refractivity contribution is -0.384. The molecule has 0 fully saturated rings. The van der Waals surface area contributed by atoms with Crippen LogP contribution in [0.15, 0.2) is 36.4 Å². The molecule has 0 saturated heterocycles. The monoisotopic (exact) mass is 285 g/mol. The van der Waals surface area contributed by atoms with Gasteiger partial charge in [0.25, 0.3) is 5.69 Å². The summed E-state index contributed by atoms with van der Waals surface area (Å²) in [7, 11) is 0. The molecular weight excluding hydrogens is 274 g/mol. The standard InChI is InChI=1S/C14H11N3O4/c15-11-3-2-9(17(18)19)6-10(11)14(16)8-1-4-12-13(5-8)21-7-20-12/h1-6,16H,7,15H2. The summed E-state index contributed by atoms with van der Waals surface area (Å²) in [6.07, 6.45) is 0. The van der Waals surface area contributed by atoms with Crippen LogP contribution >= 0.6 is 0 Å². The van der Waals surface area contributed by atoms with Crippen LogP contribution in [0.3, 0.4) is 0 Å². The first-order valence-electron chi connectivity index (χ1n) is 6.09. The van der Waals surface area contributed by atoms with Gasteiger partial charge in [0, 0.05) is 28.9 Å². The second-order valence-electron chi connectivity index (χ2n) is 4.47. The topological polar surface area (TPSA) is 111 Å². The first-order valence-corrected chi connectivity index (χ1v) is 6.09. The number of fused-ring (bicyclic) bond motifs is 1. The van der Waals surface area contributed by atoms with Crippen molar-refractivity contribution in [3.8, 4) is 11.5 Å². The third kappa shape index (κ3) is 2.25. The van der Waals surface area contributed by atoms with Crippen molar-refractivity contribution < 1.29 is 14.4 Å². The summed E-state index contributed by atoms with van der Waals surface area (Å²) in [5.41, 5.74) is 6.97. The van der Waals surface area contributed by atoms with Gasteiger partial charge in [-0.15, -0.1) is 0 Å². The van der Waals surface area contributed by atoms with Crippen LogP contribution in [0.1, 0.15) is 11.1 Å². The molecule has 1 heterocycles. The summed E-state index contributed by atoms with van der Waals surface area (Å²) >= 11 is 0. The van der Waals surface area contributed by atoms with Crippen molar-refractivity contribution in [1.29, 1.82) is 5.41 Å². The zero-order valence-corrected chi connectivity index (χ0v) is 10.8. The Hall–Kier alpha value is -3.09. The molecule has 0 saturated carbocycles. The largest absolute Gasteiger partial charge is 0.454 e. The zero-order valence-electron chi connectivity index (χ0n) is 10.8. The van der Waals surface area contributed by atoms with E-state index >= 15 is 0 Å². The molecule has 2 aromatic carbocycles. The van der Waals surface area contributed by atoms with Crippen LogP contribution in [0.2, 0.25) is 0 Å². The van der Waals surface area contributed by atoms with Crippen LogP contribution in [0.5, 0.6) is 11.5 Å². The van der Waals surface area contributed by atoms with Crippen molar-refractivity contribution in [3.63, 3.8) is 0 Å². The number of nitrogens with one attached hydrogen (secondary N) is 1. The Morgan fingerprint density at radius 1 is 1.19 bits per heavy atom. The molecule has 1 aliphatic rings. The molecule has 0 amide bonds. The normalized spacial score (nSPS) is 12.2. The number of nitro groups is 1. The highest BCUT2D eigenvalue weighted by atomic mass is 16.7. The number of non-ortho nitro benzene ring substituents is 1. The summed E-state index contributed by atoms with van der Waals surface area (Å²) < 4.78 is 10.5. The molecule has 2 aromatic rings. The van der Waals surface area contributed by atoms with Gasteiger partial charge in [0.2, 0.25) is 6.79 Å². The van der Waals surface area contributed by atoms with Crippen molar-refractivity contribution in [2.45, 2.75) is 0 Å². The molecule has 1 aliphatic heterocycles. The maximum atomic E-state index is 10.8. The quantitative estimate of drug-likeness (QED) is 0.389. The molecule has 0 unspecified atom stereocenters. The van der Waals surface area contributed by atoms with Gasteiger partial charge in [0.1, 0.15) is 0 Å². The maximum absolute atomic E-state index is 10.8. The molecule has 7 nitrogen and oxygen atoms in total. The van der Waals surface area contributed by atoms with Gasteiger partial charge in [-0.05, 0) is 24.3 Å². The van der Waals surface area contributed by atoms with E-state index in [-0.39, 0.29) is 18.2 Å². The fourth-order valence-corrected chi connectivity index (χ4v) is 2.08. The molecule has 21 heavy (non-hydrogen) atoms. The van der Waals surface area contributed by atoms with E-state index in [1.54, 1.807) is 18.2 Å². The van der Waals surface area contributed by atoms with Crippen LogP contribution in [0.4, 0.5) is 11.4 Å². The number of hydrogen-bond donors (Lipinski definition) is 2. The highest BCUT2D eigenvalue weighted by molar-refractivity contribution is 6.14. The average Bonchev–Trinajstić information content (AvgIpc) is 2.94. The van der Waals surface area contributed by atoms with E-state index in [1.807, 2.05) is 0 Å². The minimum atomic E-state index is -0.518. The van der Waals surface area contributed by atoms with E-state index in [0.29, 0.717) is 28.3 Å². The Labute approximate surface area is 119 Å². The molecule has 3 N–H and O–H groups in total. The minimum absolute atomic E-state index is 0.0921. The van der Waals surface area contributed by atoms with E-state index in [2.05, 4.69) is 0 Å². The zero-order chi connectivity index (χ0) is 15.0. The Morgan fingerprint density at radius 3 is 2.71 bits per heavy atom. The highest BCUT2D eigenvalue weighted by Gasteiger charge is 2.18. The summed E-state index contributed by atoms with van der Waals surface area (Å²) in [4.78, 5) is 10.3. The number of nitrogens with two attached hydrogens (primary N) is 1. The summed E-state index contributed by atoms with van der Waals surface area (Å²) in [5, 5.41) is 19.0. The number of ether oxygens (including phenoxy) is 2. The van der Waals surface area contributed by atoms with E-state index in [1.165, 1.54) is 18.2 Å². The van der Waals surface area contributed by atoms with E-state index in [9.17, 15) is 10.1 Å². The molecule has 106 valence electrons. The van der Waals surface area contributed by atoms with E-state index in [0.717, 1.165) is 0 Å². The molecule has 0 atom stereocenters. The number of hydrogen-bond acceptors (Lipinski definition) is 6. The predicted octanol–water partition coefficient (Wildman–Crippen LogP) is 2.32. The van der Waals surface area contributed by atoms with Gasteiger partial charge in [-0.2, -0.15) is 0 Å². The highest BCUT2D eigenvalue weighted by Crippen LogP contribution is 2.33. The minimum Gasteiger partial charge on any atom is -0.454 e. The van der Waals surface area contributed by atoms with Crippen LogP contribution in [-0.4, -0.2) is 17.4 Å². The van der Waals surface area contributed by atoms with Gasteiger partial charge in [0.05, 0.1) is 10.6 Å². The molecular formula is C14H11N3O4. The number of anilines is 1. The lowest BCUT2D eigenvalue weighted by Crippen LogP contribution is -2.06. The number of nitro benzene ring substituents is 1. The maximum Gasteiger partial charge on any atom is 0.270 e. The van der Waals surface area contributed by atoms with Crippen molar-refractivity contribution in [2.24, 2.45) is 0 Å². The van der Waals surface area contributed by atoms with Gasteiger partial charge in [-0.1, -0.05) is 0 Å². The Balaban J connectivity index is 2.02. The SMILES string of the molecule is N=C(c1ccc2c(c1)OCO2)c1cc([N+](=O)[O-])ccc1N. The molecule has 0 spiro atoms. The van der Waals surface area contributed by atoms with Crippen LogP contribution < -0.4 is 15.2 Å². The fraction of sp³-hybridized carbons (Fsp3) is 0.0714. The third-order valence-corrected chi connectivity index (χ3v) is 3.18. The van der Waals surface area contributed by atoms with Gasteiger partial charge in [-0.3, -0.25) is 15.5 Å². The second kappa shape index (κ2) is 4.78. The number of benzene rings is 2. The van der Waals surface area contributed by atoms with Gasteiger partial charge in [0.15, 0.2) is 11.5 Å². The summed E-state index contributed by atoms with van der Waals surface area (Å²) in [5.74, 6) is 1.15. The van der Waals surface area contributed by atoms with Gasteiger partial charge < -0.3 is 15.2 Å². The average molecular weight is 285 g/mol. The molecule has 3 rings (SSSR count). The van der Waals surface area contributed by atoms with Gasteiger partial charge >= 0.3 is 0 Å². The van der Waals surface area contributed by atoms with E-state index in [4.69, 9.17) is 20.6 Å². The van der Waals surface area contributed by atoms with Crippen LogP contribution in [-0.2, 0) is 0 Å². The first-order chi connectivity index (χ1) is 10.1. The van der Waals surface area contributed by atoms with Crippen molar-refractivity contribution >= 4 is 17.1 Å². The summed E-state index contributed by atoms with van der Waals surface area (Å²) in [6, 6.07) is 9.07. The van der Waals surface area contributed by atoms with Crippen molar-refractivity contribution in [3.05, 3.63) is 57.6 Å². The summed E-state index contributed by atoms with van der Waals surface area (Å²) in [6.45, 7) is 0.144. The smallest absolute Gasteiger partial charge is 0.270 e. The Morgan fingerprint density at radius 2 is 1.95 bits per heavy atom. The van der Waals surface area contributed by atoms with Gasteiger partial charge in [-0.25, -0.2) is 0 Å².